The van der Waals surface area contributed by atoms with E-state index in [0.29, 0.717) is 0 Å². The van der Waals surface area contributed by atoms with Crippen molar-refractivity contribution in [3.63, 3.8) is 0 Å². The quantitative estimate of drug-likeness (QED) is 0.769. The van der Waals surface area contributed by atoms with E-state index >= 15 is 0 Å². The molecule has 1 aromatic heterocycles. The molecule has 1 unspecified atom stereocenters. The first-order chi connectivity index (χ1) is 10.4. The van der Waals surface area contributed by atoms with E-state index in [9.17, 15) is 18.2 Å². The third-order valence-corrected chi connectivity index (χ3v) is 5.93. The maximum atomic E-state index is 12.2. The van der Waals surface area contributed by atoms with Crippen molar-refractivity contribution in [3.05, 3.63) is 34.2 Å². The van der Waals surface area contributed by atoms with Crippen LogP contribution < -0.4 is 5.56 Å². The molecule has 2 atom stereocenters. The second-order valence-corrected chi connectivity index (χ2v) is 8.59. The molecule has 1 aromatic rings. The van der Waals surface area contributed by atoms with E-state index in [2.05, 4.69) is 5.16 Å². The van der Waals surface area contributed by atoms with Crippen molar-refractivity contribution < 1.29 is 22.9 Å². The van der Waals surface area contributed by atoms with Crippen molar-refractivity contribution in [1.82, 2.24) is 4.57 Å². The van der Waals surface area contributed by atoms with Gasteiger partial charge in [-0.25, -0.2) is 8.42 Å². The average molecular weight is 343 g/mol. The van der Waals surface area contributed by atoms with Crippen molar-refractivity contribution in [3.8, 4) is 0 Å². The summed E-state index contributed by atoms with van der Waals surface area (Å²) >= 11 is 0. The van der Waals surface area contributed by atoms with Gasteiger partial charge in [-0.2, -0.15) is 0 Å². The lowest BCUT2D eigenvalue weighted by Crippen LogP contribution is -2.47. The Labute approximate surface area is 134 Å². The lowest BCUT2D eigenvalue weighted by Gasteiger charge is -2.31. The fourth-order valence-corrected chi connectivity index (χ4v) is 3.06. The summed E-state index contributed by atoms with van der Waals surface area (Å²) in [7, 11) is -3.64. The van der Waals surface area contributed by atoms with Gasteiger partial charge in [0.15, 0.2) is 15.7 Å². The van der Waals surface area contributed by atoms with Gasteiger partial charge >= 0.3 is 6.75 Å². The lowest BCUT2D eigenvalue weighted by molar-refractivity contribution is 0.207. The summed E-state index contributed by atoms with van der Waals surface area (Å²) in [5.74, 6) is -0.204. The monoisotopic (exact) mass is 343 g/mol. The van der Waals surface area contributed by atoms with Gasteiger partial charge in [-0.3, -0.25) is 4.79 Å². The van der Waals surface area contributed by atoms with Crippen molar-refractivity contribution in [2.24, 2.45) is 5.16 Å². The first kappa shape index (κ1) is 17.5. The summed E-state index contributed by atoms with van der Waals surface area (Å²) in [6, 6.07) is 3.23. The van der Waals surface area contributed by atoms with Gasteiger partial charge in [0, 0.05) is 25.1 Å². The van der Waals surface area contributed by atoms with Crippen molar-refractivity contribution >= 4 is 22.5 Å². The standard InChI is InChI=1S/C13H20BN2O6S/c1-10-5-7-16(11(17)9-10)8-6-13(2,23(4,19)20)12-15-22-14(3,18)21-12/h5,7,9,18H,6,8H2,1-4H3/q-1/t13-,14?/m1/s1. The number of sulfone groups is 1. The molecule has 1 aliphatic rings. The van der Waals surface area contributed by atoms with Crippen LogP contribution in [-0.2, 0) is 25.8 Å². The van der Waals surface area contributed by atoms with Gasteiger partial charge in [-0.05, 0) is 31.9 Å². The number of hydrogen-bond donors (Lipinski definition) is 1. The lowest BCUT2D eigenvalue weighted by atomic mass is 9.84. The Kier molecular flexibility index (Phi) is 4.33. The number of pyridine rings is 1. The minimum absolute atomic E-state index is 0.0448. The summed E-state index contributed by atoms with van der Waals surface area (Å²) in [5, 5.41) is 13.3. The first-order valence-corrected chi connectivity index (χ1v) is 9.06. The van der Waals surface area contributed by atoms with Crippen LogP contribution in [0.2, 0.25) is 6.82 Å². The van der Waals surface area contributed by atoms with E-state index in [4.69, 9.17) is 9.41 Å². The van der Waals surface area contributed by atoms with Crippen LogP contribution in [0, 0.1) is 6.92 Å². The fourth-order valence-electron chi connectivity index (χ4n) is 2.19. The van der Waals surface area contributed by atoms with Gasteiger partial charge in [-0.15, -0.1) is 5.16 Å². The summed E-state index contributed by atoms with van der Waals surface area (Å²) < 4.78 is 34.3. The van der Waals surface area contributed by atoms with E-state index in [1.807, 2.05) is 0 Å². The molecule has 0 saturated heterocycles. The van der Waals surface area contributed by atoms with Crippen LogP contribution in [0.5, 0.6) is 0 Å². The molecule has 0 aromatic carbocycles. The van der Waals surface area contributed by atoms with Crippen LogP contribution in [-0.4, -0.2) is 41.7 Å². The molecule has 0 saturated carbocycles. The second-order valence-electron chi connectivity index (χ2n) is 6.15. The molecular formula is C13H20BN2O6S-. The molecule has 0 bridgehead atoms. The number of hydrogen-bond acceptors (Lipinski definition) is 7. The Hall–Kier alpha value is -1.81. The predicted octanol–water partition coefficient (Wildman–Crippen LogP) is 0.271. The number of aromatic nitrogens is 1. The molecular weight excluding hydrogens is 323 g/mol. The maximum Gasteiger partial charge on any atom is 0.507 e. The number of oxime groups is 1. The zero-order valence-corrected chi connectivity index (χ0v) is 14.3. The third-order valence-electron chi connectivity index (χ3n) is 3.91. The number of rotatable bonds is 5. The van der Waals surface area contributed by atoms with Crippen molar-refractivity contribution in [2.75, 3.05) is 6.26 Å². The zero-order chi connectivity index (χ0) is 17.5. The van der Waals surface area contributed by atoms with Crippen LogP contribution in [0.4, 0.5) is 0 Å². The van der Waals surface area contributed by atoms with Crippen LogP contribution in [0.25, 0.3) is 0 Å². The third kappa shape index (κ3) is 3.58. The average Bonchev–Trinajstić information content (AvgIpc) is 2.77. The molecule has 0 radical (unpaired) electrons. The van der Waals surface area contributed by atoms with Gasteiger partial charge in [0.05, 0.1) is 0 Å². The van der Waals surface area contributed by atoms with E-state index in [-0.39, 0.29) is 24.4 Å². The Bertz CT molecular complexity index is 801. The topological polar surface area (TPSA) is 107 Å². The smallest absolute Gasteiger partial charge is 0.507 e. The first-order valence-electron chi connectivity index (χ1n) is 7.17. The normalized spacial score (nSPS) is 23.6. The van der Waals surface area contributed by atoms with Crippen LogP contribution in [0.1, 0.15) is 18.9 Å². The summed E-state index contributed by atoms with van der Waals surface area (Å²) in [5.41, 5.74) is 0.607. The van der Waals surface area contributed by atoms with Crippen LogP contribution in [0.3, 0.4) is 0 Å². The summed E-state index contributed by atoms with van der Waals surface area (Å²) in [6.45, 7) is 2.00. The Morgan fingerprint density at radius 1 is 1.48 bits per heavy atom. The zero-order valence-electron chi connectivity index (χ0n) is 13.5. The predicted molar refractivity (Wildman–Crippen MR) is 86.7 cm³/mol. The molecule has 1 aliphatic heterocycles. The van der Waals surface area contributed by atoms with E-state index in [0.717, 1.165) is 11.8 Å². The highest BCUT2D eigenvalue weighted by atomic mass is 32.2. The van der Waals surface area contributed by atoms with Gasteiger partial charge in [0.2, 0.25) is 0 Å². The van der Waals surface area contributed by atoms with E-state index < -0.39 is 21.3 Å². The molecule has 23 heavy (non-hydrogen) atoms. The molecule has 2 rings (SSSR count). The minimum Gasteiger partial charge on any atom is -0.645 e. The molecule has 0 amide bonds. The van der Waals surface area contributed by atoms with Crippen LogP contribution >= 0.6 is 0 Å². The molecule has 8 nitrogen and oxygen atoms in total. The SMILES string of the molecule is Cc1ccn(CC[C@](C)(C2=NO[B-](C)(O)O2)S(C)(=O)=O)c(=O)c1. The van der Waals surface area contributed by atoms with Gasteiger partial charge in [-0.1, -0.05) is 6.82 Å². The Morgan fingerprint density at radius 3 is 2.61 bits per heavy atom. The Balaban J connectivity index is 2.29. The summed E-state index contributed by atoms with van der Waals surface area (Å²) in [4.78, 5) is 11.9. The molecule has 128 valence electrons. The highest BCUT2D eigenvalue weighted by Gasteiger charge is 2.47. The molecule has 0 aliphatic carbocycles. The molecule has 0 fully saturated rings. The molecule has 10 heteroatoms. The highest BCUT2D eigenvalue weighted by Crippen LogP contribution is 2.29. The van der Waals surface area contributed by atoms with Gasteiger partial charge in [0.1, 0.15) is 4.75 Å². The maximum absolute atomic E-state index is 12.2. The minimum atomic E-state index is -3.64. The van der Waals surface area contributed by atoms with Gasteiger partial charge < -0.3 is 19.0 Å². The number of aryl methyl sites for hydroxylation is 2. The molecule has 0 spiro atoms. The molecule has 1 N–H and O–H groups in total. The highest BCUT2D eigenvalue weighted by molar-refractivity contribution is 7.92. The van der Waals surface area contributed by atoms with Crippen molar-refractivity contribution in [1.29, 1.82) is 0 Å². The largest absolute Gasteiger partial charge is 0.645 e. The van der Waals surface area contributed by atoms with Gasteiger partial charge in [0.25, 0.3) is 5.56 Å². The number of nitrogens with zero attached hydrogens (tertiary/aromatic N) is 2. The fraction of sp³-hybridized carbons (Fsp3) is 0.538. The van der Waals surface area contributed by atoms with E-state index in [1.54, 1.807) is 19.2 Å². The van der Waals surface area contributed by atoms with E-state index in [1.165, 1.54) is 24.4 Å². The Morgan fingerprint density at radius 2 is 2.13 bits per heavy atom. The molecule has 2 heterocycles. The second kappa shape index (κ2) is 5.68. The van der Waals surface area contributed by atoms with Crippen molar-refractivity contribution in [2.45, 2.75) is 38.4 Å². The van der Waals surface area contributed by atoms with Crippen LogP contribution in [0.15, 0.2) is 28.3 Å². The summed E-state index contributed by atoms with van der Waals surface area (Å²) in [6.07, 6.45) is 2.70.